The second-order valence-electron chi connectivity index (χ2n) is 15.1. The molecule has 42 heavy (non-hydrogen) atoms. The molecule has 0 aromatic heterocycles. The molecule has 4 saturated carbocycles. The number of aliphatic hydroxyl groups is 1. The Kier molecular flexibility index (Phi) is 8.11. The number of carbonyl (C=O) groups is 2. The lowest BCUT2D eigenvalue weighted by molar-refractivity contribution is -0.240. The molecule has 5 fully saturated rings. The summed E-state index contributed by atoms with van der Waals surface area (Å²) in [5.74, 6) is 1.18. The average molecular weight is 589 g/mol. The number of carbonyl (C=O) groups excluding carboxylic acids is 2. The van der Waals surface area contributed by atoms with Gasteiger partial charge in [0.15, 0.2) is 6.29 Å². The van der Waals surface area contributed by atoms with Crippen LogP contribution in [0.4, 0.5) is 0 Å². The zero-order valence-corrected chi connectivity index (χ0v) is 26.4. The van der Waals surface area contributed by atoms with Crippen LogP contribution in [0.5, 0.6) is 0 Å². The Hall–Kier alpha value is -1.48. The minimum atomic E-state index is -0.953. The predicted molar refractivity (Wildman–Crippen MR) is 155 cm³/mol. The summed E-state index contributed by atoms with van der Waals surface area (Å²) in [5.41, 5.74) is -0.391. The molecule has 8 heteroatoms. The number of hydrogen-bond acceptors (Lipinski definition) is 8. The lowest BCUT2D eigenvalue weighted by atomic mass is 9.43. The van der Waals surface area contributed by atoms with Gasteiger partial charge >= 0.3 is 11.9 Å². The van der Waals surface area contributed by atoms with Gasteiger partial charge in [0.2, 0.25) is 0 Å². The third-order valence-electron chi connectivity index (χ3n) is 13.3. The Bertz CT molecular complexity index is 1090. The average Bonchev–Trinajstić information content (AvgIpc) is 3.45. The van der Waals surface area contributed by atoms with Crippen molar-refractivity contribution in [3.05, 3.63) is 11.6 Å². The molecule has 0 aromatic rings. The van der Waals surface area contributed by atoms with Gasteiger partial charge in [-0.25, -0.2) is 4.79 Å². The van der Waals surface area contributed by atoms with Gasteiger partial charge in [-0.15, -0.1) is 0 Å². The third-order valence-corrected chi connectivity index (χ3v) is 13.3. The van der Waals surface area contributed by atoms with Gasteiger partial charge < -0.3 is 28.8 Å². The molecule has 2 aliphatic heterocycles. The lowest BCUT2D eigenvalue weighted by Crippen LogP contribution is -2.62. The second-order valence-corrected chi connectivity index (χ2v) is 15.1. The summed E-state index contributed by atoms with van der Waals surface area (Å²) in [6, 6.07) is 0. The summed E-state index contributed by atoms with van der Waals surface area (Å²) < 4.78 is 29.4. The fraction of sp³-hybridized carbons (Fsp3) is 0.882. The minimum absolute atomic E-state index is 0.120. The highest BCUT2D eigenvalue weighted by molar-refractivity contribution is 5.85. The van der Waals surface area contributed by atoms with Crippen LogP contribution >= 0.6 is 0 Å². The summed E-state index contributed by atoms with van der Waals surface area (Å²) in [6.07, 6.45) is 9.83. The second kappa shape index (κ2) is 11.1. The van der Waals surface area contributed by atoms with Gasteiger partial charge in [-0.3, -0.25) is 4.79 Å². The van der Waals surface area contributed by atoms with Crippen molar-refractivity contribution in [2.45, 2.75) is 123 Å². The first-order valence-electron chi connectivity index (χ1n) is 16.5. The van der Waals surface area contributed by atoms with Crippen molar-refractivity contribution in [2.75, 3.05) is 20.3 Å². The summed E-state index contributed by atoms with van der Waals surface area (Å²) in [6.45, 7) is 11.3. The van der Waals surface area contributed by atoms with Gasteiger partial charge in [0.25, 0.3) is 0 Å². The minimum Gasteiger partial charge on any atom is -0.462 e. The highest BCUT2D eigenvalue weighted by Crippen LogP contribution is 2.70. The third kappa shape index (κ3) is 4.87. The topological polar surface area (TPSA) is 101 Å². The Morgan fingerprint density at radius 3 is 2.55 bits per heavy atom. The molecule has 0 radical (unpaired) electrons. The quantitative estimate of drug-likeness (QED) is 0.423. The largest absolute Gasteiger partial charge is 0.462 e. The normalized spacial score (nSPS) is 50.3. The number of ether oxygens (including phenoxy) is 5. The van der Waals surface area contributed by atoms with Gasteiger partial charge in [0, 0.05) is 50.2 Å². The number of cyclic esters (lactones) is 1. The van der Waals surface area contributed by atoms with E-state index in [2.05, 4.69) is 27.7 Å². The van der Waals surface area contributed by atoms with Crippen LogP contribution in [0, 0.1) is 46.3 Å². The smallest absolute Gasteiger partial charge is 0.331 e. The van der Waals surface area contributed by atoms with E-state index in [-0.39, 0.29) is 54.3 Å². The van der Waals surface area contributed by atoms with Gasteiger partial charge in [-0.2, -0.15) is 0 Å². The fourth-order valence-electron chi connectivity index (χ4n) is 10.8. The Balaban J connectivity index is 1.15. The molecule has 0 amide bonds. The number of esters is 2. The number of hydrogen-bond donors (Lipinski definition) is 1. The van der Waals surface area contributed by atoms with E-state index in [1.807, 2.05) is 0 Å². The van der Waals surface area contributed by atoms with Crippen LogP contribution in [-0.4, -0.2) is 67.6 Å². The van der Waals surface area contributed by atoms with Crippen LogP contribution in [0.15, 0.2) is 11.6 Å². The standard InChI is InChI=1S/C34H52O8/c1-19-20(2)41-30(15-27(19)38-6)40-17-22-9-11-32(4)24(13-22)7-8-26-25(32)10-12-33(5)31(23-14-29(36)39-18-23)28(42-21(3)35)16-34(26,33)37/h14,19-20,22,24-28,30-31,37H,7-13,15-18H2,1-6H3. The number of fused-ring (bicyclic) bond motifs is 5. The SMILES string of the molecule is COC1CC(OCC2CCC3(C)C(CCC4C3CCC3(C)C(C5=CC(=O)OC5)C(OC(C)=O)CC43O)C2)OC(C)C1C. The molecular formula is C34H52O8. The molecule has 1 N–H and O–H groups in total. The Morgan fingerprint density at radius 2 is 1.86 bits per heavy atom. The molecule has 13 atom stereocenters. The first-order valence-corrected chi connectivity index (χ1v) is 16.5. The summed E-state index contributed by atoms with van der Waals surface area (Å²) in [5, 5.41) is 12.7. The molecule has 6 aliphatic rings. The fourth-order valence-corrected chi connectivity index (χ4v) is 10.8. The van der Waals surface area contributed by atoms with Gasteiger partial charge in [-0.05, 0) is 86.5 Å². The highest BCUT2D eigenvalue weighted by atomic mass is 16.7. The van der Waals surface area contributed by atoms with Crippen LogP contribution in [0.3, 0.4) is 0 Å². The summed E-state index contributed by atoms with van der Waals surface area (Å²) >= 11 is 0. The maximum Gasteiger partial charge on any atom is 0.331 e. The molecule has 4 aliphatic carbocycles. The number of methoxy groups -OCH3 is 1. The molecular weight excluding hydrogens is 536 g/mol. The van der Waals surface area contributed by atoms with Crippen molar-refractivity contribution in [3.8, 4) is 0 Å². The van der Waals surface area contributed by atoms with E-state index in [0.29, 0.717) is 30.1 Å². The van der Waals surface area contributed by atoms with E-state index in [9.17, 15) is 14.7 Å². The van der Waals surface area contributed by atoms with E-state index in [1.54, 1.807) is 13.2 Å². The van der Waals surface area contributed by atoms with E-state index in [1.165, 1.54) is 6.92 Å². The molecule has 1 saturated heterocycles. The first-order chi connectivity index (χ1) is 19.9. The van der Waals surface area contributed by atoms with Crippen molar-refractivity contribution in [2.24, 2.45) is 46.3 Å². The molecule has 0 bridgehead atoms. The monoisotopic (exact) mass is 588 g/mol. The maximum absolute atomic E-state index is 12.7. The predicted octanol–water partition coefficient (Wildman–Crippen LogP) is 5.20. The van der Waals surface area contributed by atoms with Crippen molar-refractivity contribution in [3.63, 3.8) is 0 Å². The van der Waals surface area contributed by atoms with Crippen LogP contribution in [0.2, 0.25) is 0 Å². The van der Waals surface area contributed by atoms with Gasteiger partial charge in [0.1, 0.15) is 12.7 Å². The molecule has 2 heterocycles. The van der Waals surface area contributed by atoms with Gasteiger partial charge in [0.05, 0.1) is 24.4 Å². The van der Waals surface area contributed by atoms with Gasteiger partial charge in [-0.1, -0.05) is 20.8 Å². The van der Waals surface area contributed by atoms with E-state index < -0.39 is 17.1 Å². The van der Waals surface area contributed by atoms with Crippen LogP contribution < -0.4 is 0 Å². The van der Waals surface area contributed by atoms with E-state index in [4.69, 9.17) is 23.7 Å². The molecule has 6 rings (SSSR count). The molecule has 13 unspecified atom stereocenters. The molecule has 0 aromatic carbocycles. The van der Waals surface area contributed by atoms with E-state index in [0.717, 1.165) is 63.5 Å². The first kappa shape index (κ1) is 30.5. The van der Waals surface area contributed by atoms with E-state index >= 15 is 0 Å². The highest BCUT2D eigenvalue weighted by Gasteiger charge is 2.71. The van der Waals surface area contributed by atoms with Crippen LogP contribution in [0.1, 0.15) is 92.4 Å². The molecule has 0 spiro atoms. The zero-order chi connectivity index (χ0) is 30.0. The Labute approximate surface area is 251 Å². The Morgan fingerprint density at radius 1 is 1.07 bits per heavy atom. The summed E-state index contributed by atoms with van der Waals surface area (Å²) in [7, 11) is 1.78. The van der Waals surface area contributed by atoms with Crippen molar-refractivity contribution in [1.82, 2.24) is 0 Å². The van der Waals surface area contributed by atoms with Crippen molar-refractivity contribution < 1.29 is 38.4 Å². The number of rotatable bonds is 6. The maximum atomic E-state index is 12.7. The van der Waals surface area contributed by atoms with Crippen molar-refractivity contribution in [1.29, 1.82) is 0 Å². The molecule has 236 valence electrons. The zero-order valence-electron chi connectivity index (χ0n) is 26.4. The van der Waals surface area contributed by atoms with Crippen molar-refractivity contribution >= 4 is 11.9 Å². The van der Waals surface area contributed by atoms with Crippen LogP contribution in [-0.2, 0) is 33.3 Å². The molecule has 8 nitrogen and oxygen atoms in total. The van der Waals surface area contributed by atoms with Crippen LogP contribution in [0.25, 0.3) is 0 Å². The lowest BCUT2D eigenvalue weighted by Gasteiger charge is -2.63. The summed E-state index contributed by atoms with van der Waals surface area (Å²) in [4.78, 5) is 24.2.